The van der Waals surface area contributed by atoms with Crippen molar-refractivity contribution in [3.05, 3.63) is 113 Å². The van der Waals surface area contributed by atoms with Crippen molar-refractivity contribution < 1.29 is 18.9 Å². The number of thioether (sulfide) groups is 1. The summed E-state index contributed by atoms with van der Waals surface area (Å²) in [6.45, 7) is 3.21. The standard InChI is InChI=1S/C31H36O4S/c1-24(36-27-18-10-5-11-19-27)13-12-20-28-31(34-23-26-16-8-4-9-17-26)29(21-30(32-2)35-28)33-22-25-14-6-3-7-15-25/h3-11,13-19,28-31H,12,20-23H2,1-2H3/b24-13+/t28-,29-,30+,31+/m1/s1. The number of rotatable bonds is 12. The topological polar surface area (TPSA) is 36.9 Å². The van der Waals surface area contributed by atoms with Gasteiger partial charge in [-0.2, -0.15) is 0 Å². The lowest BCUT2D eigenvalue weighted by molar-refractivity contribution is -0.264. The van der Waals surface area contributed by atoms with E-state index < -0.39 is 0 Å². The smallest absolute Gasteiger partial charge is 0.160 e. The number of ether oxygens (including phenoxy) is 4. The maximum Gasteiger partial charge on any atom is 0.160 e. The van der Waals surface area contributed by atoms with Crippen LogP contribution in [0.25, 0.3) is 0 Å². The third kappa shape index (κ3) is 8.32. The van der Waals surface area contributed by atoms with Crippen LogP contribution in [0.4, 0.5) is 0 Å². The van der Waals surface area contributed by atoms with Gasteiger partial charge in [-0.25, -0.2) is 0 Å². The lowest BCUT2D eigenvalue weighted by atomic mass is 9.97. The van der Waals surface area contributed by atoms with E-state index in [9.17, 15) is 0 Å². The molecule has 0 N–H and O–H groups in total. The minimum absolute atomic E-state index is 0.124. The monoisotopic (exact) mass is 504 g/mol. The maximum absolute atomic E-state index is 6.50. The fraction of sp³-hybridized carbons (Fsp3) is 0.355. The van der Waals surface area contributed by atoms with E-state index >= 15 is 0 Å². The predicted molar refractivity (Wildman–Crippen MR) is 146 cm³/mol. The molecule has 0 unspecified atom stereocenters. The van der Waals surface area contributed by atoms with E-state index in [1.165, 1.54) is 9.80 Å². The molecule has 5 heteroatoms. The van der Waals surface area contributed by atoms with Crippen LogP contribution in [-0.2, 0) is 32.2 Å². The van der Waals surface area contributed by atoms with Crippen LogP contribution >= 0.6 is 11.8 Å². The highest BCUT2D eigenvalue weighted by molar-refractivity contribution is 8.03. The van der Waals surface area contributed by atoms with Crippen LogP contribution in [0.5, 0.6) is 0 Å². The normalized spacial score (nSPS) is 22.4. The molecule has 4 nitrogen and oxygen atoms in total. The van der Waals surface area contributed by atoms with E-state index in [4.69, 9.17) is 18.9 Å². The van der Waals surface area contributed by atoms with E-state index in [0.29, 0.717) is 19.6 Å². The van der Waals surface area contributed by atoms with Crippen LogP contribution in [0.15, 0.2) is 107 Å². The summed E-state index contributed by atoms with van der Waals surface area (Å²) in [6.07, 6.45) is 3.90. The van der Waals surface area contributed by atoms with Crippen LogP contribution in [0.3, 0.4) is 0 Å². The molecule has 1 fully saturated rings. The van der Waals surface area contributed by atoms with Crippen molar-refractivity contribution >= 4 is 11.8 Å². The molecule has 0 aliphatic carbocycles. The number of methoxy groups -OCH3 is 1. The molecule has 0 spiro atoms. The first-order valence-electron chi connectivity index (χ1n) is 12.6. The van der Waals surface area contributed by atoms with Gasteiger partial charge in [0.15, 0.2) is 6.29 Å². The quantitative estimate of drug-likeness (QED) is 0.240. The van der Waals surface area contributed by atoms with Gasteiger partial charge in [0.1, 0.15) is 6.10 Å². The second kappa shape index (κ2) is 14.4. The summed E-state index contributed by atoms with van der Waals surface area (Å²) in [6, 6.07) is 31.0. The van der Waals surface area contributed by atoms with Gasteiger partial charge in [-0.15, -0.1) is 0 Å². The Morgan fingerprint density at radius 2 is 1.44 bits per heavy atom. The molecule has 3 aromatic rings. The van der Waals surface area contributed by atoms with Gasteiger partial charge < -0.3 is 18.9 Å². The minimum Gasteiger partial charge on any atom is -0.371 e. The molecule has 1 heterocycles. The SMILES string of the molecule is CO[C@@H]1C[C@@H](OCc2ccccc2)[C@@H](OCc2ccccc2)[C@@H](CC/C=C(\C)Sc2ccccc2)O1. The highest BCUT2D eigenvalue weighted by Crippen LogP contribution is 2.31. The molecule has 3 aromatic carbocycles. The van der Waals surface area contributed by atoms with E-state index in [0.717, 1.165) is 24.0 Å². The molecule has 0 radical (unpaired) electrons. The Morgan fingerprint density at radius 1 is 0.861 bits per heavy atom. The first-order valence-corrected chi connectivity index (χ1v) is 13.4. The second-order valence-corrected chi connectivity index (χ2v) is 10.3. The largest absolute Gasteiger partial charge is 0.371 e. The number of allylic oxidation sites excluding steroid dienone is 2. The van der Waals surface area contributed by atoms with Crippen molar-refractivity contribution in [2.75, 3.05) is 7.11 Å². The zero-order chi connectivity index (χ0) is 25.0. The molecule has 0 bridgehead atoms. The van der Waals surface area contributed by atoms with Gasteiger partial charge in [0.2, 0.25) is 0 Å². The van der Waals surface area contributed by atoms with Gasteiger partial charge in [0.05, 0.1) is 25.4 Å². The Balaban J connectivity index is 1.43. The Morgan fingerprint density at radius 3 is 2.06 bits per heavy atom. The number of hydrogen-bond donors (Lipinski definition) is 0. The Bertz CT molecular complexity index is 1040. The summed E-state index contributed by atoms with van der Waals surface area (Å²) in [7, 11) is 1.70. The van der Waals surface area contributed by atoms with Crippen LogP contribution in [0.1, 0.15) is 37.3 Å². The van der Waals surface area contributed by atoms with Crippen molar-refractivity contribution in [2.24, 2.45) is 0 Å². The third-order valence-corrected chi connectivity index (χ3v) is 7.24. The first-order chi connectivity index (χ1) is 17.7. The van der Waals surface area contributed by atoms with E-state index in [-0.39, 0.29) is 24.6 Å². The van der Waals surface area contributed by atoms with E-state index in [1.807, 2.05) is 42.5 Å². The molecule has 1 aliphatic heterocycles. The molecule has 190 valence electrons. The van der Waals surface area contributed by atoms with Crippen molar-refractivity contribution in [1.82, 2.24) is 0 Å². The summed E-state index contributed by atoms with van der Waals surface area (Å²) in [5, 5.41) is 0. The molecule has 1 saturated heterocycles. The Labute approximate surface area is 219 Å². The van der Waals surface area contributed by atoms with Crippen LogP contribution in [0, 0.1) is 0 Å². The van der Waals surface area contributed by atoms with Gasteiger partial charge in [-0.3, -0.25) is 0 Å². The maximum atomic E-state index is 6.50. The number of benzene rings is 3. The van der Waals surface area contributed by atoms with Crippen molar-refractivity contribution in [3.8, 4) is 0 Å². The average molecular weight is 505 g/mol. The first kappa shape index (κ1) is 26.6. The summed E-state index contributed by atoms with van der Waals surface area (Å²) < 4.78 is 24.9. The highest BCUT2D eigenvalue weighted by atomic mass is 32.2. The molecular formula is C31H36O4S. The molecule has 0 saturated carbocycles. The van der Waals surface area contributed by atoms with Crippen molar-refractivity contribution in [1.29, 1.82) is 0 Å². The van der Waals surface area contributed by atoms with Crippen LogP contribution in [0.2, 0.25) is 0 Å². The molecular weight excluding hydrogens is 468 g/mol. The molecule has 0 amide bonds. The minimum atomic E-state index is -0.309. The summed E-state index contributed by atoms with van der Waals surface area (Å²) in [4.78, 5) is 2.52. The summed E-state index contributed by atoms with van der Waals surface area (Å²) >= 11 is 1.79. The van der Waals surface area contributed by atoms with E-state index in [1.54, 1.807) is 18.9 Å². The predicted octanol–water partition coefficient (Wildman–Crippen LogP) is 7.39. The zero-order valence-corrected chi connectivity index (χ0v) is 21.9. The lowest BCUT2D eigenvalue weighted by Gasteiger charge is -2.41. The fourth-order valence-electron chi connectivity index (χ4n) is 4.36. The van der Waals surface area contributed by atoms with Gasteiger partial charge in [-0.05, 0) is 47.9 Å². The number of hydrogen-bond acceptors (Lipinski definition) is 5. The fourth-order valence-corrected chi connectivity index (χ4v) is 5.23. The molecule has 0 aromatic heterocycles. The zero-order valence-electron chi connectivity index (χ0n) is 21.1. The van der Waals surface area contributed by atoms with Crippen molar-refractivity contribution in [3.63, 3.8) is 0 Å². The Hall–Kier alpha value is -2.41. The Kier molecular flexibility index (Phi) is 10.6. The third-order valence-electron chi connectivity index (χ3n) is 6.24. The highest BCUT2D eigenvalue weighted by Gasteiger charge is 2.40. The van der Waals surface area contributed by atoms with Gasteiger partial charge in [0.25, 0.3) is 0 Å². The molecule has 36 heavy (non-hydrogen) atoms. The second-order valence-electron chi connectivity index (χ2n) is 8.98. The van der Waals surface area contributed by atoms with Crippen LogP contribution in [-0.4, -0.2) is 31.7 Å². The average Bonchev–Trinajstić information content (AvgIpc) is 2.92. The summed E-state index contributed by atoms with van der Waals surface area (Å²) in [5.74, 6) is 0. The van der Waals surface area contributed by atoms with Gasteiger partial charge in [0, 0.05) is 18.4 Å². The van der Waals surface area contributed by atoms with Gasteiger partial charge in [-0.1, -0.05) is 96.7 Å². The summed E-state index contributed by atoms with van der Waals surface area (Å²) in [5.41, 5.74) is 2.29. The molecule has 4 atom stereocenters. The molecule has 4 rings (SSSR count). The van der Waals surface area contributed by atoms with Gasteiger partial charge >= 0.3 is 0 Å². The van der Waals surface area contributed by atoms with E-state index in [2.05, 4.69) is 61.5 Å². The van der Waals surface area contributed by atoms with Crippen LogP contribution < -0.4 is 0 Å². The molecule has 1 aliphatic rings. The lowest BCUT2D eigenvalue weighted by Crippen LogP contribution is -2.51. The van der Waals surface area contributed by atoms with Crippen molar-refractivity contribution in [2.45, 2.75) is 68.9 Å².